The van der Waals surface area contributed by atoms with E-state index in [2.05, 4.69) is 38.1 Å². The predicted octanol–water partition coefficient (Wildman–Crippen LogP) is 11.7. The molecule has 0 nitrogen and oxygen atoms in total. The van der Waals surface area contributed by atoms with Gasteiger partial charge in [0.05, 0.1) is 0 Å². The Bertz CT molecular complexity index is 677. The van der Waals surface area contributed by atoms with Crippen LogP contribution in [0.4, 0.5) is 0 Å². The van der Waals surface area contributed by atoms with Crippen molar-refractivity contribution < 1.29 is 0 Å². The second kappa shape index (κ2) is 15.6. The average Bonchev–Trinajstić information content (AvgIpc) is 2.93. The van der Waals surface area contributed by atoms with Crippen LogP contribution in [-0.2, 0) is 6.42 Å². The zero-order valence-electron chi connectivity index (χ0n) is 24.3. The quantitative estimate of drug-likeness (QED) is 0.240. The van der Waals surface area contributed by atoms with Crippen LogP contribution in [0, 0.1) is 29.6 Å². The van der Waals surface area contributed by atoms with Crippen molar-refractivity contribution >= 4 is 0 Å². The van der Waals surface area contributed by atoms with Gasteiger partial charge in [-0.3, -0.25) is 0 Å². The molecular weight excluding hydrogens is 432 g/mol. The molecule has 0 heterocycles. The van der Waals surface area contributed by atoms with Crippen molar-refractivity contribution in [3.8, 4) is 0 Å². The van der Waals surface area contributed by atoms with Crippen molar-refractivity contribution in [2.45, 2.75) is 161 Å². The highest BCUT2D eigenvalue weighted by molar-refractivity contribution is 5.26. The first-order chi connectivity index (χ1) is 17.7. The first kappa shape index (κ1) is 28.2. The van der Waals surface area contributed by atoms with Crippen molar-refractivity contribution in [1.29, 1.82) is 0 Å². The highest BCUT2D eigenvalue weighted by Crippen LogP contribution is 2.43. The number of benzene rings is 1. The third kappa shape index (κ3) is 8.91. The van der Waals surface area contributed by atoms with E-state index in [0.717, 1.165) is 35.5 Å². The molecular formula is C36H60. The SMILES string of the molecule is CCCCCCCC1CCC(c2ccc(CCC3CCC(C4CCC(CCC)CC4)CC3)cc2)CC1. The van der Waals surface area contributed by atoms with Gasteiger partial charge in [-0.1, -0.05) is 115 Å². The Morgan fingerprint density at radius 2 is 1.03 bits per heavy atom. The van der Waals surface area contributed by atoms with Crippen LogP contribution in [0.2, 0.25) is 0 Å². The largest absolute Gasteiger partial charge is 0.0654 e. The van der Waals surface area contributed by atoms with Crippen molar-refractivity contribution in [2.75, 3.05) is 0 Å². The molecule has 4 rings (SSSR count). The summed E-state index contributed by atoms with van der Waals surface area (Å²) in [5.41, 5.74) is 3.23. The second-order valence-electron chi connectivity index (χ2n) is 13.6. The lowest BCUT2D eigenvalue weighted by Crippen LogP contribution is -2.26. The molecule has 36 heavy (non-hydrogen) atoms. The third-order valence-electron chi connectivity index (χ3n) is 11.0. The van der Waals surface area contributed by atoms with Gasteiger partial charge < -0.3 is 0 Å². The zero-order valence-corrected chi connectivity index (χ0v) is 24.3. The number of rotatable bonds is 13. The van der Waals surface area contributed by atoms with Crippen LogP contribution in [0.25, 0.3) is 0 Å². The fraction of sp³-hybridized carbons (Fsp3) is 0.833. The van der Waals surface area contributed by atoms with Crippen LogP contribution in [0.5, 0.6) is 0 Å². The third-order valence-corrected chi connectivity index (χ3v) is 11.0. The average molecular weight is 493 g/mol. The lowest BCUT2D eigenvalue weighted by molar-refractivity contribution is 0.141. The lowest BCUT2D eigenvalue weighted by atomic mass is 9.68. The van der Waals surface area contributed by atoms with Crippen LogP contribution in [0.15, 0.2) is 24.3 Å². The zero-order chi connectivity index (χ0) is 25.0. The first-order valence-corrected chi connectivity index (χ1v) is 16.8. The van der Waals surface area contributed by atoms with E-state index in [1.807, 2.05) is 0 Å². The maximum Gasteiger partial charge on any atom is -0.0162 e. The monoisotopic (exact) mass is 492 g/mol. The molecule has 0 N–H and O–H groups in total. The summed E-state index contributed by atoms with van der Waals surface area (Å²) < 4.78 is 0. The summed E-state index contributed by atoms with van der Waals surface area (Å²) in [6.07, 6.45) is 32.4. The number of aryl methyl sites for hydroxylation is 1. The minimum Gasteiger partial charge on any atom is -0.0654 e. The Hall–Kier alpha value is -0.780. The Kier molecular flexibility index (Phi) is 12.2. The molecule has 0 spiro atoms. The summed E-state index contributed by atoms with van der Waals surface area (Å²) >= 11 is 0. The van der Waals surface area contributed by atoms with Crippen molar-refractivity contribution in [1.82, 2.24) is 0 Å². The van der Waals surface area contributed by atoms with Crippen LogP contribution >= 0.6 is 0 Å². The molecule has 3 aliphatic rings. The summed E-state index contributed by atoms with van der Waals surface area (Å²) in [6, 6.07) is 9.96. The first-order valence-electron chi connectivity index (χ1n) is 16.8. The minimum atomic E-state index is 0.836. The topological polar surface area (TPSA) is 0 Å². The molecule has 1 aromatic carbocycles. The fourth-order valence-electron chi connectivity index (χ4n) is 8.45. The van der Waals surface area contributed by atoms with Gasteiger partial charge in [-0.15, -0.1) is 0 Å². The van der Waals surface area contributed by atoms with E-state index in [1.165, 1.54) is 128 Å². The van der Waals surface area contributed by atoms with E-state index in [-0.39, 0.29) is 0 Å². The fourth-order valence-corrected chi connectivity index (χ4v) is 8.45. The van der Waals surface area contributed by atoms with Gasteiger partial charge in [0.2, 0.25) is 0 Å². The molecule has 0 aromatic heterocycles. The van der Waals surface area contributed by atoms with Crippen molar-refractivity contribution in [2.24, 2.45) is 29.6 Å². The Labute approximate surface area is 225 Å². The number of hydrogen-bond acceptors (Lipinski definition) is 0. The van der Waals surface area contributed by atoms with Gasteiger partial charge in [-0.2, -0.15) is 0 Å². The molecule has 204 valence electrons. The Morgan fingerprint density at radius 3 is 1.61 bits per heavy atom. The maximum absolute atomic E-state index is 2.50. The maximum atomic E-state index is 2.50. The van der Waals surface area contributed by atoms with E-state index in [1.54, 1.807) is 24.0 Å². The van der Waals surface area contributed by atoms with Gasteiger partial charge in [0.1, 0.15) is 0 Å². The highest BCUT2D eigenvalue weighted by atomic mass is 14.4. The minimum absolute atomic E-state index is 0.836. The number of unbranched alkanes of at least 4 members (excludes halogenated alkanes) is 4. The molecule has 3 fully saturated rings. The summed E-state index contributed by atoms with van der Waals surface area (Å²) in [6.45, 7) is 4.68. The standard InChI is InChI=1S/C36H60/c1-3-5-6-7-8-10-30-15-23-34(24-16-30)36-27-19-32(20-28-36)12-11-31-17-25-35(26-18-31)33-21-13-29(9-4-2)14-22-33/h19-20,27-31,33-35H,3-18,21-26H2,1-2H3. The van der Waals surface area contributed by atoms with E-state index in [0.29, 0.717) is 0 Å². The number of hydrogen-bond donors (Lipinski definition) is 0. The smallest absolute Gasteiger partial charge is 0.0162 e. The Morgan fingerprint density at radius 1 is 0.500 bits per heavy atom. The summed E-state index contributed by atoms with van der Waals surface area (Å²) in [7, 11) is 0. The molecule has 0 bridgehead atoms. The van der Waals surface area contributed by atoms with Crippen LogP contribution in [0.1, 0.15) is 166 Å². The van der Waals surface area contributed by atoms with Crippen LogP contribution in [-0.4, -0.2) is 0 Å². The Balaban J connectivity index is 1.09. The molecule has 0 atom stereocenters. The highest BCUT2D eigenvalue weighted by Gasteiger charge is 2.30. The van der Waals surface area contributed by atoms with E-state index in [4.69, 9.17) is 0 Å². The van der Waals surface area contributed by atoms with Gasteiger partial charge in [0.15, 0.2) is 0 Å². The molecule has 0 saturated heterocycles. The van der Waals surface area contributed by atoms with Gasteiger partial charge in [0, 0.05) is 0 Å². The van der Waals surface area contributed by atoms with Gasteiger partial charge in [0.25, 0.3) is 0 Å². The summed E-state index contributed by atoms with van der Waals surface area (Å²) in [5.74, 6) is 6.06. The van der Waals surface area contributed by atoms with Crippen LogP contribution in [0.3, 0.4) is 0 Å². The van der Waals surface area contributed by atoms with E-state index < -0.39 is 0 Å². The van der Waals surface area contributed by atoms with Crippen molar-refractivity contribution in [3.63, 3.8) is 0 Å². The molecule has 1 aromatic rings. The molecule has 0 amide bonds. The molecule has 0 radical (unpaired) electrons. The molecule has 0 heteroatoms. The van der Waals surface area contributed by atoms with Crippen LogP contribution < -0.4 is 0 Å². The molecule has 0 aliphatic heterocycles. The van der Waals surface area contributed by atoms with E-state index >= 15 is 0 Å². The van der Waals surface area contributed by atoms with E-state index in [9.17, 15) is 0 Å². The lowest BCUT2D eigenvalue weighted by Gasteiger charge is -2.38. The van der Waals surface area contributed by atoms with Gasteiger partial charge in [-0.25, -0.2) is 0 Å². The van der Waals surface area contributed by atoms with Crippen molar-refractivity contribution in [3.05, 3.63) is 35.4 Å². The molecule has 0 unspecified atom stereocenters. The van der Waals surface area contributed by atoms with Gasteiger partial charge in [-0.05, 0) is 111 Å². The summed E-state index contributed by atoms with van der Waals surface area (Å²) in [4.78, 5) is 0. The normalized spacial score (nSPS) is 31.4. The predicted molar refractivity (Wildman–Crippen MR) is 159 cm³/mol. The van der Waals surface area contributed by atoms with Gasteiger partial charge >= 0.3 is 0 Å². The summed E-state index contributed by atoms with van der Waals surface area (Å²) in [5, 5.41) is 0. The molecule has 3 saturated carbocycles. The molecule has 3 aliphatic carbocycles. The second-order valence-corrected chi connectivity index (χ2v) is 13.6.